The zero-order valence-electron chi connectivity index (χ0n) is 29.6. The van der Waals surface area contributed by atoms with Crippen LogP contribution in [0.15, 0.2) is 167 Å². The van der Waals surface area contributed by atoms with Crippen molar-refractivity contribution < 1.29 is 8.83 Å². The van der Waals surface area contributed by atoms with E-state index in [1.165, 1.54) is 0 Å². The van der Waals surface area contributed by atoms with Gasteiger partial charge in [0.15, 0.2) is 11.2 Å². The van der Waals surface area contributed by atoms with Crippen LogP contribution in [0.1, 0.15) is 11.1 Å². The van der Waals surface area contributed by atoms with E-state index in [4.69, 9.17) is 8.83 Å². The second kappa shape index (κ2) is 11.2. The van der Waals surface area contributed by atoms with Crippen molar-refractivity contribution in [2.24, 2.45) is 0 Å². The first kappa shape index (κ1) is 30.4. The molecule has 0 fully saturated rings. The van der Waals surface area contributed by atoms with Crippen molar-refractivity contribution in [1.29, 1.82) is 10.5 Å². The van der Waals surface area contributed by atoms with Gasteiger partial charge in [-0.05, 0) is 54.6 Å². The number of nitriles is 2. The summed E-state index contributed by atoms with van der Waals surface area (Å²) in [6, 6.07) is 58.1. The first-order chi connectivity index (χ1) is 27.7. The highest BCUT2D eigenvalue weighted by molar-refractivity contribution is 6.23. The van der Waals surface area contributed by atoms with Crippen molar-refractivity contribution in [3.8, 4) is 34.6 Å². The molecule has 0 aliphatic heterocycles. The maximum absolute atomic E-state index is 10.9. The van der Waals surface area contributed by atoms with E-state index in [1.54, 1.807) is 0 Å². The van der Waals surface area contributed by atoms with Gasteiger partial charge in [-0.1, -0.05) is 103 Å². The van der Waals surface area contributed by atoms with Crippen molar-refractivity contribution in [1.82, 2.24) is 9.13 Å². The summed E-state index contributed by atoms with van der Waals surface area (Å²) < 4.78 is 17.8. The Morgan fingerprint density at radius 2 is 0.946 bits per heavy atom. The van der Waals surface area contributed by atoms with Crippen LogP contribution in [0.3, 0.4) is 0 Å². The number of fused-ring (bicyclic) bond motifs is 14. The third-order valence-corrected chi connectivity index (χ3v) is 11.4. The van der Waals surface area contributed by atoms with E-state index in [0.717, 1.165) is 110 Å². The summed E-state index contributed by atoms with van der Waals surface area (Å²) in [6.07, 6.45) is 0. The summed E-state index contributed by atoms with van der Waals surface area (Å²) >= 11 is 0. The highest BCUT2D eigenvalue weighted by Crippen LogP contribution is 2.46. The highest BCUT2D eigenvalue weighted by Gasteiger charge is 2.26. The number of benzene rings is 8. The Labute approximate surface area is 318 Å². The Bertz CT molecular complexity index is 3750. The second-order valence-corrected chi connectivity index (χ2v) is 14.2. The number of furan rings is 2. The predicted molar refractivity (Wildman–Crippen MR) is 225 cm³/mol. The van der Waals surface area contributed by atoms with Gasteiger partial charge in [0.2, 0.25) is 0 Å². The van der Waals surface area contributed by atoms with E-state index in [9.17, 15) is 10.5 Å². The topological polar surface area (TPSA) is 83.7 Å². The summed E-state index contributed by atoms with van der Waals surface area (Å²) in [5.41, 5.74) is 11.1. The van der Waals surface area contributed by atoms with Crippen molar-refractivity contribution in [2.75, 3.05) is 0 Å². The molecule has 0 unspecified atom stereocenters. The molecule has 0 amide bonds. The third-order valence-electron chi connectivity index (χ3n) is 11.4. The molecule has 12 aromatic rings. The average Bonchev–Trinajstić information content (AvgIpc) is 4.01. The van der Waals surface area contributed by atoms with E-state index in [1.807, 2.05) is 84.9 Å². The molecule has 0 saturated heterocycles. The van der Waals surface area contributed by atoms with Gasteiger partial charge in [-0.2, -0.15) is 10.5 Å². The molecular formula is C50H26N4O2. The van der Waals surface area contributed by atoms with Gasteiger partial charge in [-0.15, -0.1) is 0 Å². The van der Waals surface area contributed by atoms with Crippen molar-refractivity contribution in [3.63, 3.8) is 0 Å². The minimum absolute atomic E-state index is 0.510. The molecule has 6 heteroatoms. The maximum atomic E-state index is 10.9. The molecule has 0 aliphatic carbocycles. The summed E-state index contributed by atoms with van der Waals surface area (Å²) in [5.74, 6) is 0. The minimum atomic E-state index is 0.510. The lowest BCUT2D eigenvalue weighted by atomic mass is 9.96. The first-order valence-corrected chi connectivity index (χ1v) is 18.5. The molecule has 6 nitrogen and oxygen atoms in total. The molecule has 0 spiro atoms. The van der Waals surface area contributed by atoms with Crippen LogP contribution in [-0.4, -0.2) is 9.13 Å². The van der Waals surface area contributed by atoms with Gasteiger partial charge in [-0.3, -0.25) is 0 Å². The molecular weight excluding hydrogens is 689 g/mol. The van der Waals surface area contributed by atoms with E-state index >= 15 is 0 Å². The molecule has 4 aromatic heterocycles. The van der Waals surface area contributed by atoms with Gasteiger partial charge >= 0.3 is 0 Å². The van der Waals surface area contributed by atoms with Crippen LogP contribution in [0.5, 0.6) is 0 Å². The normalized spacial score (nSPS) is 11.9. The van der Waals surface area contributed by atoms with Crippen LogP contribution in [0.25, 0.3) is 110 Å². The van der Waals surface area contributed by atoms with Crippen molar-refractivity contribution >= 4 is 87.5 Å². The Kier molecular flexibility index (Phi) is 6.10. The fourth-order valence-electron chi connectivity index (χ4n) is 9.05. The average molecular weight is 715 g/mol. The lowest BCUT2D eigenvalue weighted by Gasteiger charge is -2.20. The fraction of sp³-hybridized carbons (Fsp3) is 0. The molecule has 0 N–H and O–H groups in total. The third kappa shape index (κ3) is 3.97. The lowest BCUT2D eigenvalue weighted by molar-refractivity contribution is 0.670. The number of nitrogens with zero attached hydrogens (tertiary/aromatic N) is 4. The van der Waals surface area contributed by atoms with Crippen LogP contribution in [0, 0.1) is 22.7 Å². The van der Waals surface area contributed by atoms with Gasteiger partial charge in [0.05, 0.1) is 50.6 Å². The molecule has 12 rings (SSSR count). The quantitative estimate of drug-likeness (QED) is 0.182. The number of rotatable bonds is 3. The van der Waals surface area contributed by atoms with Crippen LogP contribution in [-0.2, 0) is 0 Å². The summed E-state index contributed by atoms with van der Waals surface area (Å²) in [4.78, 5) is 0. The molecule has 0 atom stereocenters. The number of hydrogen-bond acceptors (Lipinski definition) is 4. The maximum Gasteiger partial charge on any atom is 0.160 e. The highest BCUT2D eigenvalue weighted by atomic mass is 16.3. The summed E-state index contributed by atoms with van der Waals surface area (Å²) in [5, 5.41) is 29.6. The van der Waals surface area contributed by atoms with Crippen molar-refractivity contribution in [3.05, 3.63) is 169 Å². The van der Waals surface area contributed by atoms with Gasteiger partial charge in [0.1, 0.15) is 17.2 Å². The largest absolute Gasteiger partial charge is 0.454 e. The molecule has 56 heavy (non-hydrogen) atoms. The van der Waals surface area contributed by atoms with E-state index < -0.39 is 0 Å². The van der Waals surface area contributed by atoms with Gasteiger partial charge < -0.3 is 18.0 Å². The predicted octanol–water partition coefficient (Wildman–Crippen LogP) is 13.1. The lowest BCUT2D eigenvalue weighted by Crippen LogP contribution is -2.04. The molecule has 0 bridgehead atoms. The Balaban J connectivity index is 1.25. The van der Waals surface area contributed by atoms with Crippen LogP contribution < -0.4 is 0 Å². The Morgan fingerprint density at radius 1 is 0.411 bits per heavy atom. The second-order valence-electron chi connectivity index (χ2n) is 14.2. The van der Waals surface area contributed by atoms with Crippen LogP contribution >= 0.6 is 0 Å². The number of aromatic nitrogens is 2. The zero-order valence-corrected chi connectivity index (χ0v) is 29.6. The summed E-state index contributed by atoms with van der Waals surface area (Å²) in [6.45, 7) is 0. The van der Waals surface area contributed by atoms with Gasteiger partial charge in [-0.25, -0.2) is 0 Å². The molecule has 0 saturated carbocycles. The van der Waals surface area contributed by atoms with Gasteiger partial charge in [0.25, 0.3) is 0 Å². The van der Waals surface area contributed by atoms with Crippen LogP contribution in [0.4, 0.5) is 0 Å². The molecule has 0 aliphatic rings. The number of para-hydroxylation sites is 5. The Morgan fingerprint density at radius 3 is 1.55 bits per heavy atom. The standard InChI is InChI=1S/C50H26N4O2/c51-27-29-20-21-33(43(26-29)53-41-16-5-1-11-31(41)37-22-24-39-34-13-3-7-18-44(34)55-49(39)47(37)53)36-15-9-10-30(28-52)46(36)54-42-17-6-2-12-32(42)38-23-25-40-35-14-4-8-19-45(35)56-50(40)48(38)54/h1-26H. The molecule has 4 heterocycles. The first-order valence-electron chi connectivity index (χ1n) is 18.5. The van der Waals surface area contributed by atoms with Gasteiger partial charge in [0, 0.05) is 54.2 Å². The molecule has 8 aromatic carbocycles. The van der Waals surface area contributed by atoms with E-state index in [2.05, 4.69) is 94.1 Å². The number of hydrogen-bond donors (Lipinski definition) is 0. The van der Waals surface area contributed by atoms with Crippen LogP contribution in [0.2, 0.25) is 0 Å². The minimum Gasteiger partial charge on any atom is -0.454 e. The monoisotopic (exact) mass is 714 g/mol. The van der Waals surface area contributed by atoms with E-state index in [0.29, 0.717) is 11.1 Å². The summed E-state index contributed by atoms with van der Waals surface area (Å²) in [7, 11) is 0. The van der Waals surface area contributed by atoms with Crippen molar-refractivity contribution in [2.45, 2.75) is 0 Å². The Hall–Kier alpha value is -8.06. The smallest absolute Gasteiger partial charge is 0.160 e. The molecule has 258 valence electrons. The fourth-order valence-corrected chi connectivity index (χ4v) is 9.05. The SMILES string of the molecule is N#Cc1ccc(-c2cccc(C#N)c2-n2c3ccccc3c3ccc4c5ccccc5oc4c32)c(-n2c3ccccc3c3ccc4c5ccccc5oc4c32)c1. The molecule has 0 radical (unpaired) electrons. The zero-order chi connectivity index (χ0) is 37.1. The van der Waals surface area contributed by atoms with E-state index in [-0.39, 0.29) is 0 Å².